The lowest BCUT2D eigenvalue weighted by molar-refractivity contribution is -0.137. The summed E-state index contributed by atoms with van der Waals surface area (Å²) in [5.41, 5.74) is 1.55. The smallest absolute Gasteiger partial charge is 0.332 e. The molecule has 30 heavy (non-hydrogen) atoms. The quantitative estimate of drug-likeness (QED) is 0.441. The molecule has 0 unspecified atom stereocenters. The molecule has 3 heterocycles. The summed E-state index contributed by atoms with van der Waals surface area (Å²) in [4.78, 5) is 24.0. The van der Waals surface area contributed by atoms with E-state index in [1.54, 1.807) is 34.1 Å². The molecule has 9 heteroatoms. The van der Waals surface area contributed by atoms with Gasteiger partial charge in [-0.1, -0.05) is 18.2 Å². The molecule has 0 saturated carbocycles. The van der Waals surface area contributed by atoms with Gasteiger partial charge in [-0.2, -0.15) is 13.2 Å². The van der Waals surface area contributed by atoms with E-state index in [-0.39, 0.29) is 11.9 Å². The van der Waals surface area contributed by atoms with Crippen LogP contribution in [0.2, 0.25) is 0 Å². The summed E-state index contributed by atoms with van der Waals surface area (Å²) in [6.07, 6.45) is -1.04. The number of halogens is 3. The van der Waals surface area contributed by atoms with Gasteiger partial charge in [0.2, 0.25) is 0 Å². The van der Waals surface area contributed by atoms with E-state index in [2.05, 4.69) is 9.97 Å². The molecule has 1 aromatic carbocycles. The predicted molar refractivity (Wildman–Crippen MR) is 108 cm³/mol. The van der Waals surface area contributed by atoms with Gasteiger partial charge in [0.1, 0.15) is 5.69 Å². The SMILES string of the molecule is C[C@H](c1ccccn1)N(C)C(=O)c1csc2nc(-c3ccc(C(F)(F)F)cc3)cn12. The zero-order chi connectivity index (χ0) is 21.5. The highest BCUT2D eigenvalue weighted by molar-refractivity contribution is 7.15. The van der Waals surface area contributed by atoms with Gasteiger partial charge in [0, 0.05) is 30.4 Å². The Balaban J connectivity index is 1.62. The third-order valence-corrected chi connectivity index (χ3v) is 5.79. The molecule has 0 N–H and O–H groups in total. The number of alkyl halides is 3. The van der Waals surface area contributed by atoms with Crippen molar-refractivity contribution in [2.75, 3.05) is 7.05 Å². The molecule has 1 atom stereocenters. The minimum atomic E-state index is -4.39. The van der Waals surface area contributed by atoms with Crippen LogP contribution in [0.15, 0.2) is 60.2 Å². The van der Waals surface area contributed by atoms with Gasteiger partial charge in [-0.25, -0.2) is 4.98 Å². The number of pyridine rings is 1. The van der Waals surface area contributed by atoms with Crippen LogP contribution in [0.3, 0.4) is 0 Å². The third kappa shape index (κ3) is 3.68. The standard InChI is InChI=1S/C21H17F3N4OS/c1-13(16-5-3-4-10-25-16)27(2)19(29)18-12-30-20-26-17(11-28(18)20)14-6-8-15(9-7-14)21(22,23)24/h3-13H,1-2H3/t13-/m1/s1. The largest absolute Gasteiger partial charge is 0.416 e. The van der Waals surface area contributed by atoms with Gasteiger partial charge in [0.25, 0.3) is 5.91 Å². The van der Waals surface area contributed by atoms with Crippen molar-refractivity contribution in [1.29, 1.82) is 0 Å². The monoisotopic (exact) mass is 430 g/mol. The van der Waals surface area contributed by atoms with Gasteiger partial charge in [0.15, 0.2) is 4.96 Å². The summed E-state index contributed by atoms with van der Waals surface area (Å²) >= 11 is 1.30. The molecule has 0 bridgehead atoms. The van der Waals surface area contributed by atoms with Crippen LogP contribution in [0.25, 0.3) is 16.2 Å². The number of aromatic nitrogens is 3. The number of amides is 1. The van der Waals surface area contributed by atoms with Crippen LogP contribution in [0.5, 0.6) is 0 Å². The topological polar surface area (TPSA) is 50.5 Å². The van der Waals surface area contributed by atoms with E-state index >= 15 is 0 Å². The number of benzene rings is 1. The Labute approximate surface area is 174 Å². The van der Waals surface area contributed by atoms with Gasteiger partial charge in [-0.15, -0.1) is 11.3 Å². The fourth-order valence-corrected chi connectivity index (χ4v) is 3.93. The second-order valence-corrected chi connectivity index (χ2v) is 7.66. The van der Waals surface area contributed by atoms with E-state index in [9.17, 15) is 18.0 Å². The molecule has 5 nitrogen and oxygen atoms in total. The molecular weight excluding hydrogens is 413 g/mol. The molecule has 4 rings (SSSR count). The lowest BCUT2D eigenvalue weighted by Crippen LogP contribution is -2.30. The number of hydrogen-bond donors (Lipinski definition) is 0. The second kappa shape index (κ2) is 7.56. The van der Waals surface area contributed by atoms with Crippen molar-refractivity contribution in [3.05, 3.63) is 77.2 Å². The summed E-state index contributed by atoms with van der Waals surface area (Å²) < 4.78 is 40.0. The molecule has 3 aromatic heterocycles. The fraction of sp³-hybridized carbons (Fsp3) is 0.190. The van der Waals surface area contributed by atoms with Crippen molar-refractivity contribution in [2.45, 2.75) is 19.1 Å². The maximum atomic E-state index is 13.1. The Morgan fingerprint density at radius 3 is 2.53 bits per heavy atom. The number of carbonyl (C=O) groups excluding carboxylic acids is 1. The van der Waals surface area contributed by atoms with Crippen molar-refractivity contribution in [2.24, 2.45) is 0 Å². The molecule has 0 aliphatic heterocycles. The molecule has 1 amide bonds. The second-order valence-electron chi connectivity index (χ2n) is 6.82. The molecule has 0 aliphatic carbocycles. The molecule has 0 spiro atoms. The molecule has 0 saturated heterocycles. The summed E-state index contributed by atoms with van der Waals surface area (Å²) in [7, 11) is 1.71. The first-order chi connectivity index (χ1) is 14.3. The van der Waals surface area contributed by atoms with Crippen molar-refractivity contribution < 1.29 is 18.0 Å². The highest BCUT2D eigenvalue weighted by atomic mass is 32.1. The predicted octanol–water partition coefficient (Wildman–Crippen LogP) is 5.31. The van der Waals surface area contributed by atoms with Crippen LogP contribution >= 0.6 is 11.3 Å². The number of fused-ring (bicyclic) bond motifs is 1. The lowest BCUT2D eigenvalue weighted by atomic mass is 10.1. The van der Waals surface area contributed by atoms with E-state index in [4.69, 9.17) is 0 Å². The Morgan fingerprint density at radius 1 is 1.17 bits per heavy atom. The van der Waals surface area contributed by atoms with Crippen molar-refractivity contribution in [3.8, 4) is 11.3 Å². The number of nitrogens with zero attached hydrogens (tertiary/aromatic N) is 4. The first-order valence-electron chi connectivity index (χ1n) is 9.08. The Bertz CT molecular complexity index is 1180. The first kappa shape index (κ1) is 20.1. The van der Waals surface area contributed by atoms with Crippen LogP contribution in [-0.2, 0) is 6.18 Å². The average Bonchev–Trinajstić information content (AvgIpc) is 3.33. The van der Waals surface area contributed by atoms with Crippen LogP contribution < -0.4 is 0 Å². The Morgan fingerprint density at radius 2 is 1.90 bits per heavy atom. The minimum absolute atomic E-state index is 0.198. The Kier molecular flexibility index (Phi) is 5.07. The number of thiazole rings is 1. The fourth-order valence-electron chi connectivity index (χ4n) is 3.08. The summed E-state index contributed by atoms with van der Waals surface area (Å²) in [5, 5.41) is 1.73. The number of carbonyl (C=O) groups is 1. The van der Waals surface area contributed by atoms with Gasteiger partial charge in [0.05, 0.1) is 23.0 Å². The number of rotatable bonds is 4. The normalized spacial score (nSPS) is 12.8. The molecule has 0 radical (unpaired) electrons. The van der Waals surface area contributed by atoms with Crippen molar-refractivity contribution >= 4 is 22.2 Å². The van der Waals surface area contributed by atoms with Crippen LogP contribution in [0.1, 0.15) is 34.7 Å². The molecular formula is C21H17F3N4OS. The van der Waals surface area contributed by atoms with Crippen molar-refractivity contribution in [3.63, 3.8) is 0 Å². The summed E-state index contributed by atoms with van der Waals surface area (Å²) in [6.45, 7) is 1.89. The zero-order valence-corrected chi connectivity index (χ0v) is 16.9. The van der Waals surface area contributed by atoms with E-state index in [0.717, 1.165) is 17.8 Å². The maximum absolute atomic E-state index is 13.1. The number of imidazole rings is 1. The van der Waals surface area contributed by atoms with Gasteiger partial charge >= 0.3 is 6.18 Å². The van der Waals surface area contributed by atoms with E-state index in [1.807, 2.05) is 25.1 Å². The Hall–Kier alpha value is -3.20. The van der Waals surface area contributed by atoms with Gasteiger partial charge in [-0.3, -0.25) is 14.2 Å². The van der Waals surface area contributed by atoms with Gasteiger partial charge < -0.3 is 4.90 Å². The van der Waals surface area contributed by atoms with E-state index < -0.39 is 11.7 Å². The van der Waals surface area contributed by atoms with Crippen LogP contribution in [0, 0.1) is 0 Å². The molecule has 154 valence electrons. The summed E-state index contributed by atoms with van der Waals surface area (Å²) in [5.74, 6) is -0.198. The third-order valence-electron chi connectivity index (χ3n) is 4.95. The highest BCUT2D eigenvalue weighted by Gasteiger charge is 2.30. The molecule has 0 aliphatic rings. The number of hydrogen-bond acceptors (Lipinski definition) is 4. The lowest BCUT2D eigenvalue weighted by Gasteiger charge is -2.24. The maximum Gasteiger partial charge on any atom is 0.416 e. The summed E-state index contributed by atoms with van der Waals surface area (Å²) in [6, 6.07) is 10.1. The van der Waals surface area contributed by atoms with Gasteiger partial charge in [-0.05, 0) is 31.2 Å². The van der Waals surface area contributed by atoms with Crippen LogP contribution in [0.4, 0.5) is 13.2 Å². The molecule has 0 fully saturated rings. The van der Waals surface area contributed by atoms with E-state index in [1.165, 1.54) is 23.5 Å². The molecule has 4 aromatic rings. The van der Waals surface area contributed by atoms with Crippen molar-refractivity contribution in [1.82, 2.24) is 19.3 Å². The van der Waals surface area contributed by atoms with E-state index in [0.29, 0.717) is 21.9 Å². The minimum Gasteiger partial charge on any atom is -0.332 e. The average molecular weight is 430 g/mol. The zero-order valence-electron chi connectivity index (χ0n) is 16.1. The van der Waals surface area contributed by atoms with Crippen LogP contribution in [-0.4, -0.2) is 32.2 Å². The first-order valence-corrected chi connectivity index (χ1v) is 9.96. The highest BCUT2D eigenvalue weighted by Crippen LogP contribution is 2.31.